The maximum absolute atomic E-state index is 13.3. The molecule has 0 saturated carbocycles. The molecule has 0 spiro atoms. The van der Waals surface area contributed by atoms with Gasteiger partial charge in [-0.3, -0.25) is 14.9 Å². The highest BCUT2D eigenvalue weighted by molar-refractivity contribution is 6.02. The molecule has 0 heterocycles. The molecule has 0 aliphatic heterocycles. The van der Waals surface area contributed by atoms with Crippen molar-refractivity contribution < 1.29 is 28.3 Å². The Morgan fingerprint density at radius 3 is 2.43 bits per heavy atom. The topological polar surface area (TPSA) is 95.5 Å². The minimum absolute atomic E-state index is 0.433. The number of anilines is 1. The first-order valence-electron chi connectivity index (χ1n) is 5.92. The number of carbonyl (C=O) groups is 3. The lowest BCUT2D eigenvalue weighted by molar-refractivity contribution is -0.149. The number of hydrogen-bond acceptors (Lipinski definition) is 3. The zero-order valence-corrected chi connectivity index (χ0v) is 11.4. The number of nitrogens with one attached hydrogen (secondary N) is 2. The zero-order valence-electron chi connectivity index (χ0n) is 11.4. The monoisotopic (exact) mass is 300 g/mol. The zero-order chi connectivity index (χ0) is 16.2. The molecule has 0 aliphatic carbocycles. The average Bonchev–Trinajstić information content (AvgIpc) is 2.33. The molecule has 0 saturated heterocycles. The molecule has 21 heavy (non-hydrogen) atoms. The number of imide groups is 1. The first-order chi connectivity index (χ1) is 9.63. The number of aliphatic carboxylic acids is 1. The van der Waals surface area contributed by atoms with Crippen LogP contribution in [-0.2, 0) is 9.59 Å². The predicted octanol–water partition coefficient (Wildman–Crippen LogP) is 2.11. The van der Waals surface area contributed by atoms with E-state index in [0.717, 1.165) is 12.1 Å². The Balaban J connectivity index is 2.64. The van der Waals surface area contributed by atoms with Crippen LogP contribution in [0.1, 0.15) is 20.3 Å². The molecule has 6 nitrogen and oxygen atoms in total. The molecule has 1 rings (SSSR count). The van der Waals surface area contributed by atoms with E-state index in [1.807, 2.05) is 10.6 Å². The Morgan fingerprint density at radius 2 is 1.86 bits per heavy atom. The van der Waals surface area contributed by atoms with Gasteiger partial charge in [0.1, 0.15) is 0 Å². The van der Waals surface area contributed by atoms with Crippen molar-refractivity contribution in [3.05, 3.63) is 29.8 Å². The summed E-state index contributed by atoms with van der Waals surface area (Å²) in [6.07, 6.45) is -0.443. The van der Waals surface area contributed by atoms with Crippen molar-refractivity contribution in [2.45, 2.75) is 20.3 Å². The van der Waals surface area contributed by atoms with Crippen LogP contribution in [0.4, 0.5) is 19.3 Å². The summed E-state index contributed by atoms with van der Waals surface area (Å²) < 4.78 is 26.2. The number of amides is 3. The van der Waals surface area contributed by atoms with Crippen molar-refractivity contribution in [1.29, 1.82) is 0 Å². The van der Waals surface area contributed by atoms with Gasteiger partial charge in [-0.1, -0.05) is 6.07 Å². The number of hydrogen-bond donors (Lipinski definition) is 3. The summed E-state index contributed by atoms with van der Waals surface area (Å²) >= 11 is 0. The second-order valence-corrected chi connectivity index (χ2v) is 4.97. The van der Waals surface area contributed by atoms with E-state index in [0.29, 0.717) is 0 Å². The molecule has 0 radical (unpaired) electrons. The molecule has 1 aromatic carbocycles. The average molecular weight is 300 g/mol. The van der Waals surface area contributed by atoms with E-state index in [1.54, 1.807) is 0 Å². The van der Waals surface area contributed by atoms with Crippen LogP contribution < -0.4 is 10.6 Å². The van der Waals surface area contributed by atoms with Crippen LogP contribution >= 0.6 is 0 Å². The van der Waals surface area contributed by atoms with E-state index in [-0.39, 0.29) is 0 Å². The minimum Gasteiger partial charge on any atom is -0.481 e. The quantitative estimate of drug-likeness (QED) is 0.793. The Labute approximate surface area is 119 Å². The first kappa shape index (κ1) is 16.5. The molecule has 114 valence electrons. The summed E-state index contributed by atoms with van der Waals surface area (Å²) in [5.41, 5.74) is -1.79. The van der Waals surface area contributed by atoms with Gasteiger partial charge < -0.3 is 10.4 Å². The smallest absolute Gasteiger partial charge is 0.325 e. The fourth-order valence-electron chi connectivity index (χ4n) is 1.40. The van der Waals surface area contributed by atoms with Crippen LogP contribution in [0.25, 0.3) is 0 Å². The summed E-state index contributed by atoms with van der Waals surface area (Å²) in [4.78, 5) is 33.8. The number of urea groups is 1. The molecule has 0 unspecified atom stereocenters. The number of rotatable bonds is 4. The van der Waals surface area contributed by atoms with Crippen LogP contribution in [0.15, 0.2) is 18.2 Å². The lowest BCUT2D eigenvalue weighted by atomic mass is 9.89. The Hall–Kier alpha value is -2.51. The fourth-order valence-corrected chi connectivity index (χ4v) is 1.40. The minimum atomic E-state index is -1.35. The van der Waals surface area contributed by atoms with Gasteiger partial charge in [0, 0.05) is 6.42 Å². The third kappa shape index (κ3) is 4.51. The van der Waals surface area contributed by atoms with Crippen molar-refractivity contribution in [3.8, 4) is 0 Å². The van der Waals surface area contributed by atoms with E-state index in [2.05, 4.69) is 0 Å². The maximum Gasteiger partial charge on any atom is 0.325 e. The van der Waals surface area contributed by atoms with Crippen LogP contribution in [0.3, 0.4) is 0 Å². The highest BCUT2D eigenvalue weighted by atomic mass is 19.2. The SMILES string of the molecule is CC(C)(CC(=O)NC(=O)Nc1cccc(F)c1F)C(=O)O. The molecule has 0 atom stereocenters. The van der Waals surface area contributed by atoms with Gasteiger partial charge in [-0.05, 0) is 26.0 Å². The molecule has 0 bridgehead atoms. The molecular weight excluding hydrogens is 286 g/mol. The molecular formula is C13H14F2N2O4. The highest BCUT2D eigenvalue weighted by Crippen LogP contribution is 2.20. The van der Waals surface area contributed by atoms with Crippen LogP contribution in [0.2, 0.25) is 0 Å². The lowest BCUT2D eigenvalue weighted by Crippen LogP contribution is -2.38. The second-order valence-electron chi connectivity index (χ2n) is 4.97. The number of carbonyl (C=O) groups excluding carboxylic acids is 2. The van der Waals surface area contributed by atoms with Gasteiger partial charge in [-0.15, -0.1) is 0 Å². The van der Waals surface area contributed by atoms with Crippen LogP contribution in [-0.4, -0.2) is 23.0 Å². The number of carboxylic acids is 1. The Bertz CT molecular complexity index is 588. The van der Waals surface area contributed by atoms with E-state index in [9.17, 15) is 23.2 Å². The van der Waals surface area contributed by atoms with E-state index in [4.69, 9.17) is 5.11 Å². The fraction of sp³-hybridized carbons (Fsp3) is 0.308. The summed E-state index contributed by atoms with van der Waals surface area (Å²) in [6, 6.07) is 2.09. The summed E-state index contributed by atoms with van der Waals surface area (Å²) in [6.45, 7) is 2.64. The van der Waals surface area contributed by atoms with Gasteiger partial charge in [0.15, 0.2) is 11.6 Å². The largest absolute Gasteiger partial charge is 0.481 e. The van der Waals surface area contributed by atoms with E-state index >= 15 is 0 Å². The maximum atomic E-state index is 13.3. The number of carboxylic acid groups (broad SMARTS) is 1. The van der Waals surface area contributed by atoms with Crippen molar-refractivity contribution in [3.63, 3.8) is 0 Å². The summed E-state index contributed by atoms with van der Waals surface area (Å²) in [5.74, 6) is -4.46. The van der Waals surface area contributed by atoms with Gasteiger partial charge in [-0.25, -0.2) is 13.6 Å². The Morgan fingerprint density at radius 1 is 1.24 bits per heavy atom. The normalized spacial score (nSPS) is 10.9. The number of benzene rings is 1. The standard InChI is InChI=1S/C13H14F2N2O4/c1-13(2,11(19)20)6-9(18)17-12(21)16-8-5-3-4-7(14)10(8)15/h3-5H,6H2,1-2H3,(H,19,20)(H2,16,17,18,21). The third-order valence-corrected chi connectivity index (χ3v) is 2.63. The Kier molecular flexibility index (Phi) is 4.96. The van der Waals surface area contributed by atoms with Crippen molar-refractivity contribution in [2.24, 2.45) is 5.41 Å². The third-order valence-electron chi connectivity index (χ3n) is 2.63. The van der Waals surface area contributed by atoms with Crippen molar-refractivity contribution >= 4 is 23.6 Å². The second kappa shape index (κ2) is 6.29. The molecule has 0 fully saturated rings. The van der Waals surface area contributed by atoms with Crippen LogP contribution in [0, 0.1) is 17.0 Å². The highest BCUT2D eigenvalue weighted by Gasteiger charge is 2.30. The first-order valence-corrected chi connectivity index (χ1v) is 5.92. The van der Waals surface area contributed by atoms with Gasteiger partial charge in [0.05, 0.1) is 11.1 Å². The summed E-state index contributed by atoms with van der Waals surface area (Å²) in [7, 11) is 0. The molecule has 3 amide bonds. The van der Waals surface area contributed by atoms with E-state index < -0.39 is 47.1 Å². The predicted molar refractivity (Wildman–Crippen MR) is 69.6 cm³/mol. The van der Waals surface area contributed by atoms with Crippen LogP contribution in [0.5, 0.6) is 0 Å². The molecule has 8 heteroatoms. The van der Waals surface area contributed by atoms with E-state index in [1.165, 1.54) is 19.9 Å². The van der Waals surface area contributed by atoms with Crippen molar-refractivity contribution in [1.82, 2.24) is 5.32 Å². The summed E-state index contributed by atoms with van der Waals surface area (Å²) in [5, 5.41) is 12.7. The molecule has 1 aromatic rings. The molecule has 3 N–H and O–H groups in total. The van der Waals surface area contributed by atoms with Gasteiger partial charge in [0.25, 0.3) is 0 Å². The van der Waals surface area contributed by atoms with Gasteiger partial charge in [-0.2, -0.15) is 0 Å². The van der Waals surface area contributed by atoms with Gasteiger partial charge in [0.2, 0.25) is 5.91 Å². The molecule has 0 aliphatic rings. The van der Waals surface area contributed by atoms with Crippen molar-refractivity contribution in [2.75, 3.05) is 5.32 Å². The lowest BCUT2D eigenvalue weighted by Gasteiger charge is -2.17. The number of halogens is 2. The molecule has 0 aromatic heterocycles. The van der Waals surface area contributed by atoms with Gasteiger partial charge >= 0.3 is 12.0 Å².